The van der Waals surface area contributed by atoms with E-state index in [2.05, 4.69) is 34.4 Å². The summed E-state index contributed by atoms with van der Waals surface area (Å²) in [5, 5.41) is 6.20. The predicted molar refractivity (Wildman–Crippen MR) is 121 cm³/mol. The fourth-order valence-electron chi connectivity index (χ4n) is 5.39. The highest BCUT2D eigenvalue weighted by atomic mass is 16.2. The number of nitrogens with zero attached hydrogens (tertiary/aromatic N) is 1. The van der Waals surface area contributed by atoms with Gasteiger partial charge in [-0.2, -0.15) is 0 Å². The monoisotopic (exact) mass is 416 g/mol. The lowest BCUT2D eigenvalue weighted by Gasteiger charge is -2.34. The number of carbonyl (C=O) groups excluding carboxylic acids is 2. The Kier molecular flexibility index (Phi) is 7.98. The minimum Gasteiger partial charge on any atom is -0.354 e. The summed E-state index contributed by atoms with van der Waals surface area (Å²) < 4.78 is 0. The van der Waals surface area contributed by atoms with Gasteiger partial charge in [0.25, 0.3) is 11.8 Å². The Morgan fingerprint density at radius 3 is 2.37 bits per heavy atom. The number of hydrogen-bond acceptors (Lipinski definition) is 3. The predicted octanol–water partition coefficient (Wildman–Crippen LogP) is 3.79. The Hall–Kier alpha value is -1.82. The molecule has 30 heavy (non-hydrogen) atoms. The number of aryl methyl sites for hydroxylation is 1. The van der Waals surface area contributed by atoms with E-state index in [0.29, 0.717) is 17.8 Å². The Balaban J connectivity index is 1.50. The lowest BCUT2D eigenvalue weighted by molar-refractivity contribution is 0.0926. The van der Waals surface area contributed by atoms with E-state index in [0.717, 1.165) is 62.0 Å². The van der Waals surface area contributed by atoms with Crippen molar-refractivity contribution < 1.29 is 9.59 Å². The van der Waals surface area contributed by atoms with E-state index in [-0.39, 0.29) is 17.9 Å². The molecule has 1 aromatic heterocycles. The molecule has 2 atom stereocenters. The molecule has 0 radical (unpaired) electrons. The molecule has 0 spiro atoms. The first kappa shape index (κ1) is 22.9. The molecule has 2 amide bonds. The molecule has 2 unspecified atom stereocenters. The third-order valence-corrected chi connectivity index (χ3v) is 6.71. The quantitative estimate of drug-likeness (QED) is 0.592. The van der Waals surface area contributed by atoms with Crippen LogP contribution in [0.2, 0.25) is 0 Å². The number of aromatic nitrogens is 1. The average Bonchev–Trinajstić information content (AvgIpc) is 2.99. The maximum Gasteiger partial charge on any atom is 0.268 e. The summed E-state index contributed by atoms with van der Waals surface area (Å²) in [4.78, 5) is 31.2. The van der Waals surface area contributed by atoms with Gasteiger partial charge in [0, 0.05) is 31.4 Å². The summed E-state index contributed by atoms with van der Waals surface area (Å²) in [6.07, 6.45) is 7.98. The van der Waals surface area contributed by atoms with E-state index in [1.807, 2.05) is 13.8 Å². The van der Waals surface area contributed by atoms with Gasteiger partial charge < -0.3 is 20.5 Å². The molecular weight excluding hydrogens is 376 g/mol. The van der Waals surface area contributed by atoms with Crippen LogP contribution in [-0.4, -0.2) is 53.9 Å². The van der Waals surface area contributed by atoms with Crippen molar-refractivity contribution in [3.05, 3.63) is 22.5 Å². The fraction of sp³-hybridized carbons (Fsp3) is 0.750. The maximum atomic E-state index is 12.8. The van der Waals surface area contributed by atoms with Crippen LogP contribution in [0.15, 0.2) is 0 Å². The van der Waals surface area contributed by atoms with Crippen molar-refractivity contribution in [3.63, 3.8) is 0 Å². The molecule has 6 nitrogen and oxygen atoms in total. The SMILES string of the molecule is Cc1[nH]c(C(=O)NCCCN2CC(C)CC(C)C2)c(C)c1C(=O)NC1CCCCC1. The molecule has 2 heterocycles. The highest BCUT2D eigenvalue weighted by Crippen LogP contribution is 2.22. The normalized spacial score (nSPS) is 23.3. The second-order valence-corrected chi connectivity index (χ2v) is 9.75. The second-order valence-electron chi connectivity index (χ2n) is 9.75. The number of hydrogen-bond donors (Lipinski definition) is 3. The van der Waals surface area contributed by atoms with E-state index >= 15 is 0 Å². The number of aromatic amines is 1. The first-order valence-electron chi connectivity index (χ1n) is 11.9. The van der Waals surface area contributed by atoms with Gasteiger partial charge in [-0.25, -0.2) is 0 Å². The highest BCUT2D eigenvalue weighted by Gasteiger charge is 2.25. The number of carbonyl (C=O) groups is 2. The molecular formula is C24H40N4O2. The molecule has 1 aromatic rings. The average molecular weight is 417 g/mol. The fourth-order valence-corrected chi connectivity index (χ4v) is 5.39. The third kappa shape index (κ3) is 5.87. The summed E-state index contributed by atoms with van der Waals surface area (Å²) >= 11 is 0. The van der Waals surface area contributed by atoms with E-state index in [1.165, 1.54) is 25.7 Å². The topological polar surface area (TPSA) is 77.2 Å². The zero-order valence-corrected chi connectivity index (χ0v) is 19.3. The van der Waals surface area contributed by atoms with Crippen molar-refractivity contribution in [2.45, 2.75) is 78.7 Å². The maximum absolute atomic E-state index is 12.8. The van der Waals surface area contributed by atoms with Crippen molar-refractivity contribution in [2.75, 3.05) is 26.2 Å². The van der Waals surface area contributed by atoms with Gasteiger partial charge in [-0.15, -0.1) is 0 Å². The molecule has 1 saturated heterocycles. The molecule has 6 heteroatoms. The Bertz CT molecular complexity index is 726. The van der Waals surface area contributed by atoms with Gasteiger partial charge >= 0.3 is 0 Å². The molecule has 168 valence electrons. The molecule has 0 aromatic carbocycles. The highest BCUT2D eigenvalue weighted by molar-refractivity contribution is 6.02. The van der Waals surface area contributed by atoms with Gasteiger partial charge in [-0.1, -0.05) is 33.1 Å². The lowest BCUT2D eigenvalue weighted by atomic mass is 9.92. The van der Waals surface area contributed by atoms with Crippen LogP contribution >= 0.6 is 0 Å². The molecule has 1 aliphatic heterocycles. The summed E-state index contributed by atoms with van der Waals surface area (Å²) in [5.74, 6) is 1.34. The van der Waals surface area contributed by atoms with Crippen LogP contribution in [0.1, 0.15) is 90.9 Å². The van der Waals surface area contributed by atoms with Crippen molar-refractivity contribution in [3.8, 4) is 0 Å². The summed E-state index contributed by atoms with van der Waals surface area (Å²) in [6.45, 7) is 12.4. The second kappa shape index (κ2) is 10.5. The minimum atomic E-state index is -0.118. The number of H-pyrrole nitrogens is 1. The van der Waals surface area contributed by atoms with E-state index < -0.39 is 0 Å². The van der Waals surface area contributed by atoms with Crippen molar-refractivity contribution in [1.29, 1.82) is 0 Å². The Labute approximate surface area is 181 Å². The van der Waals surface area contributed by atoms with Crippen LogP contribution in [-0.2, 0) is 0 Å². The van der Waals surface area contributed by atoms with Crippen LogP contribution in [0.4, 0.5) is 0 Å². The van der Waals surface area contributed by atoms with Crippen LogP contribution in [0.25, 0.3) is 0 Å². The van der Waals surface area contributed by atoms with Crippen LogP contribution < -0.4 is 10.6 Å². The smallest absolute Gasteiger partial charge is 0.268 e. The van der Waals surface area contributed by atoms with Gasteiger partial charge in [0.05, 0.1) is 5.56 Å². The number of rotatable bonds is 7. The zero-order chi connectivity index (χ0) is 21.7. The summed E-state index contributed by atoms with van der Waals surface area (Å²) in [7, 11) is 0. The van der Waals surface area contributed by atoms with E-state index in [1.54, 1.807) is 0 Å². The molecule has 2 fully saturated rings. The van der Waals surface area contributed by atoms with Crippen LogP contribution in [0, 0.1) is 25.7 Å². The van der Waals surface area contributed by atoms with Gasteiger partial charge in [-0.05, 0) is 63.5 Å². The minimum absolute atomic E-state index is 0.0551. The molecule has 3 rings (SSSR count). The standard InChI is InChI=1S/C24H40N4O2/c1-16-13-17(2)15-28(14-16)12-8-11-25-24(30)22-18(3)21(19(4)26-22)23(29)27-20-9-6-5-7-10-20/h16-17,20,26H,5-15H2,1-4H3,(H,25,30)(H,27,29). The van der Waals surface area contributed by atoms with Crippen LogP contribution in [0.3, 0.4) is 0 Å². The van der Waals surface area contributed by atoms with E-state index in [4.69, 9.17) is 0 Å². The number of likely N-dealkylation sites (tertiary alicyclic amines) is 1. The summed E-state index contributed by atoms with van der Waals surface area (Å²) in [6, 6.07) is 0.262. The number of nitrogens with one attached hydrogen (secondary N) is 3. The Morgan fingerprint density at radius 1 is 1.03 bits per heavy atom. The zero-order valence-electron chi connectivity index (χ0n) is 19.3. The first-order chi connectivity index (χ1) is 14.3. The van der Waals surface area contributed by atoms with Crippen molar-refractivity contribution in [1.82, 2.24) is 20.5 Å². The molecule has 0 bridgehead atoms. The number of amides is 2. The Morgan fingerprint density at radius 2 is 1.70 bits per heavy atom. The lowest BCUT2D eigenvalue weighted by Crippen LogP contribution is -2.40. The largest absolute Gasteiger partial charge is 0.354 e. The van der Waals surface area contributed by atoms with Gasteiger partial charge in [0.15, 0.2) is 0 Å². The van der Waals surface area contributed by atoms with Crippen LogP contribution in [0.5, 0.6) is 0 Å². The van der Waals surface area contributed by atoms with Gasteiger partial charge in [-0.3, -0.25) is 9.59 Å². The summed E-state index contributed by atoms with van der Waals surface area (Å²) in [5.41, 5.74) is 2.66. The van der Waals surface area contributed by atoms with Gasteiger partial charge in [0.2, 0.25) is 0 Å². The number of piperidine rings is 1. The van der Waals surface area contributed by atoms with Crippen molar-refractivity contribution >= 4 is 11.8 Å². The molecule has 1 aliphatic carbocycles. The third-order valence-electron chi connectivity index (χ3n) is 6.71. The molecule has 1 saturated carbocycles. The molecule has 3 N–H and O–H groups in total. The van der Waals surface area contributed by atoms with E-state index in [9.17, 15) is 9.59 Å². The van der Waals surface area contributed by atoms with Crippen molar-refractivity contribution in [2.24, 2.45) is 11.8 Å². The molecule has 2 aliphatic rings. The van der Waals surface area contributed by atoms with Gasteiger partial charge in [0.1, 0.15) is 5.69 Å². The first-order valence-corrected chi connectivity index (χ1v) is 11.9.